The molecule has 0 atom stereocenters. The molecule has 9 heteroatoms. The molecule has 0 radical (unpaired) electrons. The highest BCUT2D eigenvalue weighted by atomic mass is 35.5. The molecule has 4 rings (SSSR count). The maximum Gasteiger partial charge on any atom is 0.280 e. The third-order valence-electron chi connectivity index (χ3n) is 4.18. The summed E-state index contributed by atoms with van der Waals surface area (Å²) in [6.07, 6.45) is 2.52. The molecule has 4 aromatic rings. The van der Waals surface area contributed by atoms with E-state index in [1.807, 2.05) is 0 Å². The molecule has 2 aromatic carbocycles. The molecule has 146 valence electrons. The SMILES string of the molecule is CN(C(=O)c1c(Oc2ccc(F)cc2)nc2ncc(O)cn12)c1ccc(Cl)cc1. The van der Waals surface area contributed by atoms with E-state index in [0.29, 0.717) is 16.5 Å². The fourth-order valence-electron chi connectivity index (χ4n) is 2.72. The van der Waals surface area contributed by atoms with Crippen molar-refractivity contribution in [1.29, 1.82) is 0 Å². The van der Waals surface area contributed by atoms with Gasteiger partial charge in [0.1, 0.15) is 11.6 Å². The van der Waals surface area contributed by atoms with E-state index in [1.165, 1.54) is 46.0 Å². The standard InChI is InChI=1S/C20H14ClFN4O3/c1-25(14-6-2-12(21)3-7-14)19(28)17-18(29-16-8-4-13(22)5-9-16)24-20-23-10-15(27)11-26(17)20/h2-11,27H,1H3. The number of aromatic hydroxyl groups is 1. The van der Waals surface area contributed by atoms with Gasteiger partial charge in [-0.25, -0.2) is 9.37 Å². The van der Waals surface area contributed by atoms with Crippen LogP contribution in [0.4, 0.5) is 10.1 Å². The van der Waals surface area contributed by atoms with Crippen molar-refractivity contribution in [3.63, 3.8) is 0 Å². The molecule has 1 amide bonds. The summed E-state index contributed by atoms with van der Waals surface area (Å²) in [4.78, 5) is 22.9. The fourth-order valence-corrected chi connectivity index (χ4v) is 2.85. The summed E-state index contributed by atoms with van der Waals surface area (Å²) in [5.74, 6) is -0.594. The summed E-state index contributed by atoms with van der Waals surface area (Å²) < 4.78 is 20.2. The van der Waals surface area contributed by atoms with E-state index in [9.17, 15) is 14.3 Å². The van der Waals surface area contributed by atoms with Crippen LogP contribution in [0, 0.1) is 5.82 Å². The molecule has 0 fully saturated rings. The summed E-state index contributed by atoms with van der Waals surface area (Å²) in [5, 5.41) is 10.4. The predicted octanol–water partition coefficient (Wildman–Crippen LogP) is 4.30. The number of ether oxygens (including phenoxy) is 1. The van der Waals surface area contributed by atoms with Crippen molar-refractivity contribution in [2.45, 2.75) is 0 Å². The maximum atomic E-state index is 13.3. The lowest BCUT2D eigenvalue weighted by Crippen LogP contribution is -2.27. The Morgan fingerprint density at radius 3 is 2.55 bits per heavy atom. The highest BCUT2D eigenvalue weighted by Crippen LogP contribution is 2.29. The Balaban J connectivity index is 1.79. The number of fused-ring (bicyclic) bond motifs is 1. The molecule has 0 aliphatic carbocycles. The van der Waals surface area contributed by atoms with Crippen LogP contribution >= 0.6 is 11.6 Å². The van der Waals surface area contributed by atoms with Gasteiger partial charge in [0.05, 0.1) is 12.4 Å². The van der Waals surface area contributed by atoms with E-state index < -0.39 is 11.7 Å². The molecule has 0 aliphatic rings. The molecular weight excluding hydrogens is 399 g/mol. The van der Waals surface area contributed by atoms with Crippen molar-refractivity contribution in [1.82, 2.24) is 14.4 Å². The van der Waals surface area contributed by atoms with Gasteiger partial charge in [0.2, 0.25) is 5.78 Å². The molecular formula is C20H14ClFN4O3. The third kappa shape index (κ3) is 3.70. The zero-order valence-electron chi connectivity index (χ0n) is 15.1. The summed E-state index contributed by atoms with van der Waals surface area (Å²) in [7, 11) is 1.59. The Morgan fingerprint density at radius 2 is 1.86 bits per heavy atom. The summed E-state index contributed by atoms with van der Waals surface area (Å²) in [6, 6.07) is 12.0. The molecule has 0 bridgehead atoms. The number of amides is 1. The minimum atomic E-state index is -0.454. The summed E-state index contributed by atoms with van der Waals surface area (Å²) >= 11 is 5.92. The van der Waals surface area contributed by atoms with Gasteiger partial charge in [0.25, 0.3) is 11.8 Å². The number of rotatable bonds is 4. The van der Waals surface area contributed by atoms with Gasteiger partial charge in [0, 0.05) is 17.8 Å². The van der Waals surface area contributed by atoms with Gasteiger partial charge in [-0.3, -0.25) is 9.20 Å². The van der Waals surface area contributed by atoms with Gasteiger partial charge in [-0.1, -0.05) is 11.6 Å². The Labute approximate surface area is 169 Å². The average Bonchev–Trinajstić information content (AvgIpc) is 3.06. The lowest BCUT2D eigenvalue weighted by Gasteiger charge is -2.17. The largest absolute Gasteiger partial charge is 0.505 e. The quantitative estimate of drug-likeness (QED) is 0.540. The van der Waals surface area contributed by atoms with Gasteiger partial charge < -0.3 is 14.7 Å². The van der Waals surface area contributed by atoms with Crippen molar-refractivity contribution in [2.75, 3.05) is 11.9 Å². The molecule has 0 unspecified atom stereocenters. The van der Waals surface area contributed by atoms with Crippen LogP contribution in [0.1, 0.15) is 10.5 Å². The average molecular weight is 413 g/mol. The summed E-state index contributed by atoms with van der Waals surface area (Å²) in [6.45, 7) is 0. The van der Waals surface area contributed by atoms with Crippen LogP contribution in [-0.2, 0) is 0 Å². The van der Waals surface area contributed by atoms with E-state index in [2.05, 4.69) is 9.97 Å². The second-order valence-corrected chi connectivity index (χ2v) is 6.58. The Bertz CT molecular complexity index is 1190. The first-order valence-electron chi connectivity index (χ1n) is 8.46. The molecule has 0 spiro atoms. The van der Waals surface area contributed by atoms with E-state index in [-0.39, 0.29) is 23.1 Å². The molecule has 7 nitrogen and oxygen atoms in total. The summed E-state index contributed by atoms with van der Waals surface area (Å²) in [5.41, 5.74) is 0.639. The zero-order valence-corrected chi connectivity index (χ0v) is 15.8. The number of carbonyl (C=O) groups excluding carboxylic acids is 1. The van der Waals surface area contributed by atoms with Crippen LogP contribution in [0.25, 0.3) is 5.78 Å². The molecule has 0 saturated carbocycles. The number of hydrogen-bond donors (Lipinski definition) is 1. The lowest BCUT2D eigenvalue weighted by molar-refractivity contribution is 0.0985. The number of imidazole rings is 1. The lowest BCUT2D eigenvalue weighted by atomic mass is 10.2. The van der Waals surface area contributed by atoms with Crippen LogP contribution in [0.2, 0.25) is 5.02 Å². The van der Waals surface area contributed by atoms with E-state index in [1.54, 1.807) is 31.3 Å². The van der Waals surface area contributed by atoms with E-state index >= 15 is 0 Å². The van der Waals surface area contributed by atoms with Crippen molar-refractivity contribution in [3.05, 3.63) is 77.5 Å². The Kier molecular flexibility index (Phi) is 4.77. The highest BCUT2D eigenvalue weighted by molar-refractivity contribution is 6.30. The number of carbonyl (C=O) groups is 1. The number of nitrogens with zero attached hydrogens (tertiary/aromatic N) is 4. The van der Waals surface area contributed by atoms with Crippen LogP contribution in [0.15, 0.2) is 60.9 Å². The molecule has 29 heavy (non-hydrogen) atoms. The predicted molar refractivity (Wildman–Crippen MR) is 105 cm³/mol. The van der Waals surface area contributed by atoms with Crippen molar-refractivity contribution in [2.24, 2.45) is 0 Å². The van der Waals surface area contributed by atoms with Gasteiger partial charge in [-0.15, -0.1) is 0 Å². The van der Waals surface area contributed by atoms with E-state index in [4.69, 9.17) is 16.3 Å². The topological polar surface area (TPSA) is 80.0 Å². The first-order valence-corrected chi connectivity index (χ1v) is 8.84. The number of aromatic nitrogens is 3. The first kappa shape index (κ1) is 18.7. The van der Waals surface area contributed by atoms with Gasteiger partial charge >= 0.3 is 0 Å². The van der Waals surface area contributed by atoms with Crippen LogP contribution in [0.3, 0.4) is 0 Å². The van der Waals surface area contributed by atoms with Crippen molar-refractivity contribution in [3.8, 4) is 17.4 Å². The van der Waals surface area contributed by atoms with Gasteiger partial charge in [-0.2, -0.15) is 4.98 Å². The molecule has 2 heterocycles. The fraction of sp³-hybridized carbons (Fsp3) is 0.0500. The zero-order chi connectivity index (χ0) is 20.5. The van der Waals surface area contributed by atoms with Crippen LogP contribution < -0.4 is 9.64 Å². The Hall–Kier alpha value is -3.65. The van der Waals surface area contributed by atoms with E-state index in [0.717, 1.165) is 0 Å². The Morgan fingerprint density at radius 1 is 1.17 bits per heavy atom. The van der Waals surface area contributed by atoms with Gasteiger partial charge in [-0.05, 0) is 48.5 Å². The molecule has 0 aliphatic heterocycles. The first-order chi connectivity index (χ1) is 13.9. The van der Waals surface area contributed by atoms with Crippen molar-refractivity contribution < 1.29 is 19.0 Å². The monoisotopic (exact) mass is 412 g/mol. The normalized spacial score (nSPS) is 10.9. The maximum absolute atomic E-state index is 13.3. The second-order valence-electron chi connectivity index (χ2n) is 6.14. The minimum Gasteiger partial charge on any atom is -0.505 e. The van der Waals surface area contributed by atoms with Crippen LogP contribution in [-0.4, -0.2) is 32.4 Å². The number of halogens is 2. The molecule has 0 saturated heterocycles. The molecule has 2 aromatic heterocycles. The second kappa shape index (κ2) is 7.40. The third-order valence-corrected chi connectivity index (χ3v) is 4.44. The van der Waals surface area contributed by atoms with Crippen molar-refractivity contribution >= 4 is 29.0 Å². The minimum absolute atomic E-state index is 0.0273. The van der Waals surface area contributed by atoms with Crippen LogP contribution in [0.5, 0.6) is 17.4 Å². The highest BCUT2D eigenvalue weighted by Gasteiger charge is 2.26. The smallest absolute Gasteiger partial charge is 0.280 e. The molecule has 1 N–H and O–H groups in total. The number of hydrogen-bond acceptors (Lipinski definition) is 5. The number of benzene rings is 2. The number of anilines is 1. The van der Waals surface area contributed by atoms with Gasteiger partial charge in [0.15, 0.2) is 11.4 Å².